The summed E-state index contributed by atoms with van der Waals surface area (Å²) in [6, 6.07) is 0. The predicted molar refractivity (Wildman–Crippen MR) is 42.2 cm³/mol. The van der Waals surface area contributed by atoms with E-state index in [1.807, 2.05) is 0 Å². The lowest BCUT2D eigenvalue weighted by Gasteiger charge is -2.12. The maximum absolute atomic E-state index is 11.8. The molecule has 13 heavy (non-hydrogen) atoms. The van der Waals surface area contributed by atoms with E-state index >= 15 is 0 Å². The van der Waals surface area contributed by atoms with E-state index in [0.717, 1.165) is 12.8 Å². The molecule has 0 spiro atoms. The number of rotatable bonds is 2. The lowest BCUT2D eigenvalue weighted by atomic mass is 9.95. The molecule has 1 aliphatic carbocycles. The van der Waals surface area contributed by atoms with E-state index in [-0.39, 0.29) is 12.2 Å². The van der Waals surface area contributed by atoms with Crippen molar-refractivity contribution in [2.24, 2.45) is 0 Å². The molecule has 0 aromatic carbocycles. The Hall–Kier alpha value is -0.800. The van der Waals surface area contributed by atoms with Gasteiger partial charge in [-0.05, 0) is 24.8 Å². The average molecular weight is 192 g/mol. The summed E-state index contributed by atoms with van der Waals surface area (Å²) in [5.41, 5.74) is 0.364. The molecule has 0 heterocycles. The maximum atomic E-state index is 11.8. The van der Waals surface area contributed by atoms with Crippen LogP contribution in [0.5, 0.6) is 0 Å². The smallest absolute Gasteiger partial charge is 0.295 e. The number of ketones is 1. The normalized spacial score (nSPS) is 18.7. The molecule has 0 N–H and O–H groups in total. The largest absolute Gasteiger partial charge is 0.389 e. The molecule has 1 nitrogen and oxygen atoms in total. The fraction of sp³-hybridized carbons (Fsp3) is 0.667. The van der Waals surface area contributed by atoms with Gasteiger partial charge in [-0.2, -0.15) is 13.2 Å². The molecule has 0 atom stereocenters. The highest BCUT2D eigenvalue weighted by Gasteiger charge is 2.28. The molecule has 4 heteroatoms. The van der Waals surface area contributed by atoms with Crippen molar-refractivity contribution in [3.8, 4) is 0 Å². The van der Waals surface area contributed by atoms with Crippen LogP contribution in [0.1, 0.15) is 32.1 Å². The zero-order valence-corrected chi connectivity index (χ0v) is 7.16. The molecule has 0 radical (unpaired) electrons. The summed E-state index contributed by atoms with van der Waals surface area (Å²) in [6.45, 7) is 0. The van der Waals surface area contributed by atoms with Crippen LogP contribution >= 0.6 is 0 Å². The minimum atomic E-state index is -4.15. The maximum Gasteiger partial charge on any atom is 0.389 e. The van der Waals surface area contributed by atoms with Gasteiger partial charge in [0.05, 0.1) is 0 Å². The van der Waals surface area contributed by atoms with Gasteiger partial charge in [-0.1, -0.05) is 6.08 Å². The molecule has 0 amide bonds. The van der Waals surface area contributed by atoms with E-state index in [1.54, 1.807) is 6.08 Å². The van der Waals surface area contributed by atoms with Crippen LogP contribution in [0.3, 0.4) is 0 Å². The Labute approximate surface area is 74.6 Å². The third-order valence-electron chi connectivity index (χ3n) is 2.03. The molecule has 0 saturated carbocycles. The summed E-state index contributed by atoms with van der Waals surface area (Å²) in [5.74, 6) is -0.115. The molecular weight excluding hydrogens is 181 g/mol. The highest BCUT2D eigenvalue weighted by Crippen LogP contribution is 2.26. The molecular formula is C9H11F3O. The first-order chi connectivity index (χ1) is 5.99. The van der Waals surface area contributed by atoms with Crippen LogP contribution in [0.4, 0.5) is 13.2 Å². The van der Waals surface area contributed by atoms with Gasteiger partial charge < -0.3 is 0 Å². The van der Waals surface area contributed by atoms with Crippen molar-refractivity contribution in [1.29, 1.82) is 0 Å². The van der Waals surface area contributed by atoms with Crippen LogP contribution in [0.15, 0.2) is 11.6 Å². The van der Waals surface area contributed by atoms with Crippen molar-refractivity contribution in [3.05, 3.63) is 11.6 Å². The van der Waals surface area contributed by atoms with Crippen LogP contribution in [0.2, 0.25) is 0 Å². The van der Waals surface area contributed by atoms with Crippen molar-refractivity contribution in [1.82, 2.24) is 0 Å². The third-order valence-corrected chi connectivity index (χ3v) is 2.03. The monoisotopic (exact) mass is 192 g/mol. The van der Waals surface area contributed by atoms with Crippen LogP contribution in [0.25, 0.3) is 0 Å². The predicted octanol–water partition coefficient (Wildman–Crippen LogP) is 3.01. The van der Waals surface area contributed by atoms with Crippen molar-refractivity contribution < 1.29 is 18.0 Å². The third kappa shape index (κ3) is 3.61. The van der Waals surface area contributed by atoms with Gasteiger partial charge in [0, 0.05) is 12.8 Å². The SMILES string of the molecule is O=C1CCCC=C1CCC(F)(F)F. The van der Waals surface area contributed by atoms with E-state index in [9.17, 15) is 18.0 Å². The Balaban J connectivity index is 2.44. The summed E-state index contributed by atoms with van der Waals surface area (Å²) in [4.78, 5) is 11.1. The van der Waals surface area contributed by atoms with Gasteiger partial charge in [0.2, 0.25) is 0 Å². The molecule has 1 rings (SSSR count). The van der Waals surface area contributed by atoms with Gasteiger partial charge in [-0.25, -0.2) is 0 Å². The molecule has 0 unspecified atom stereocenters. The first-order valence-corrected chi connectivity index (χ1v) is 4.28. The molecule has 0 aromatic rings. The van der Waals surface area contributed by atoms with Crippen LogP contribution in [-0.2, 0) is 4.79 Å². The first-order valence-electron chi connectivity index (χ1n) is 4.28. The number of carbonyl (C=O) groups excluding carboxylic acids is 1. The summed E-state index contributed by atoms with van der Waals surface area (Å²) in [6.07, 6.45) is -1.64. The Morgan fingerprint density at radius 2 is 2.08 bits per heavy atom. The number of alkyl halides is 3. The highest BCUT2D eigenvalue weighted by atomic mass is 19.4. The van der Waals surface area contributed by atoms with E-state index in [0.29, 0.717) is 12.0 Å². The van der Waals surface area contributed by atoms with Crippen LogP contribution < -0.4 is 0 Å². The van der Waals surface area contributed by atoms with Crippen molar-refractivity contribution in [2.45, 2.75) is 38.3 Å². The van der Waals surface area contributed by atoms with Gasteiger partial charge in [0.15, 0.2) is 5.78 Å². The van der Waals surface area contributed by atoms with Crippen molar-refractivity contribution >= 4 is 5.78 Å². The number of carbonyl (C=O) groups is 1. The van der Waals surface area contributed by atoms with E-state index in [2.05, 4.69) is 0 Å². The van der Waals surface area contributed by atoms with E-state index in [4.69, 9.17) is 0 Å². The summed E-state index contributed by atoms with van der Waals surface area (Å²) < 4.78 is 35.4. The second-order valence-corrected chi connectivity index (χ2v) is 3.16. The number of halogens is 3. The lowest BCUT2D eigenvalue weighted by molar-refractivity contribution is -0.134. The van der Waals surface area contributed by atoms with Gasteiger partial charge >= 0.3 is 6.18 Å². The van der Waals surface area contributed by atoms with Crippen LogP contribution in [0, 0.1) is 0 Å². The van der Waals surface area contributed by atoms with Gasteiger partial charge in [-0.15, -0.1) is 0 Å². The number of Topliss-reactive ketones (excluding diaryl/α,β-unsaturated/α-hetero) is 1. The number of allylic oxidation sites excluding steroid dienone is 2. The minimum absolute atomic E-state index is 0.115. The summed E-state index contributed by atoms with van der Waals surface area (Å²) in [7, 11) is 0. The molecule has 0 bridgehead atoms. The Morgan fingerprint density at radius 3 is 2.62 bits per heavy atom. The lowest BCUT2D eigenvalue weighted by Crippen LogP contribution is -2.12. The molecule has 0 fully saturated rings. The van der Waals surface area contributed by atoms with Crippen molar-refractivity contribution in [2.75, 3.05) is 0 Å². The molecule has 0 aliphatic heterocycles. The average Bonchev–Trinajstić information content (AvgIpc) is 2.01. The quantitative estimate of drug-likeness (QED) is 0.657. The molecule has 74 valence electrons. The number of hydrogen-bond donors (Lipinski definition) is 0. The topological polar surface area (TPSA) is 17.1 Å². The van der Waals surface area contributed by atoms with Gasteiger partial charge in [0.1, 0.15) is 0 Å². The highest BCUT2D eigenvalue weighted by molar-refractivity contribution is 5.95. The van der Waals surface area contributed by atoms with Gasteiger partial charge in [0.25, 0.3) is 0 Å². The van der Waals surface area contributed by atoms with E-state index < -0.39 is 12.6 Å². The zero-order valence-electron chi connectivity index (χ0n) is 7.16. The summed E-state index contributed by atoms with van der Waals surface area (Å²) >= 11 is 0. The number of hydrogen-bond acceptors (Lipinski definition) is 1. The Bertz CT molecular complexity index is 228. The molecule has 0 saturated heterocycles. The standard InChI is InChI=1S/C9H11F3O/c10-9(11,12)6-5-7-3-1-2-4-8(7)13/h3H,1-2,4-6H2. The first kappa shape index (κ1) is 10.3. The van der Waals surface area contributed by atoms with Crippen molar-refractivity contribution in [3.63, 3.8) is 0 Å². The Morgan fingerprint density at radius 1 is 1.38 bits per heavy atom. The molecule has 1 aliphatic rings. The van der Waals surface area contributed by atoms with Crippen LogP contribution in [-0.4, -0.2) is 12.0 Å². The Kier molecular flexibility index (Phi) is 3.12. The minimum Gasteiger partial charge on any atom is -0.295 e. The molecule has 0 aromatic heterocycles. The van der Waals surface area contributed by atoms with Gasteiger partial charge in [-0.3, -0.25) is 4.79 Å². The zero-order chi connectivity index (χ0) is 9.90. The second kappa shape index (κ2) is 3.94. The fourth-order valence-electron chi connectivity index (χ4n) is 1.33. The summed E-state index contributed by atoms with van der Waals surface area (Å²) in [5, 5.41) is 0. The van der Waals surface area contributed by atoms with E-state index in [1.165, 1.54) is 0 Å². The fourth-order valence-corrected chi connectivity index (χ4v) is 1.33. The second-order valence-electron chi connectivity index (χ2n) is 3.16.